The van der Waals surface area contributed by atoms with Crippen LogP contribution in [-0.2, 0) is 22.3 Å². The lowest BCUT2D eigenvalue weighted by Gasteiger charge is -2.12. The summed E-state index contributed by atoms with van der Waals surface area (Å²) in [6, 6.07) is 8.28. The topological polar surface area (TPSA) is 55.4 Å². The minimum atomic E-state index is -4.50. The average molecular weight is 357 g/mol. The molecular formula is C16H14F3NO3S. The van der Waals surface area contributed by atoms with E-state index >= 15 is 0 Å². The Bertz CT molecular complexity index is 699. The van der Waals surface area contributed by atoms with Crippen molar-refractivity contribution in [1.29, 1.82) is 0 Å². The summed E-state index contributed by atoms with van der Waals surface area (Å²) in [7, 11) is 0. The highest BCUT2D eigenvalue weighted by Gasteiger charge is 2.33. The van der Waals surface area contributed by atoms with Crippen LogP contribution < -0.4 is 5.32 Å². The standard InChI is InChI=1S/C16H14F3NO3S/c17-16(18,19)12-5-2-1-4-11(12)10-23-14(21)7-8-20-15(22)13-6-3-9-24-13/h1-6,9H,7-8,10H2,(H,20,22). The smallest absolute Gasteiger partial charge is 0.416 e. The minimum absolute atomic E-state index is 0.0521. The summed E-state index contributed by atoms with van der Waals surface area (Å²) >= 11 is 1.27. The lowest BCUT2D eigenvalue weighted by Crippen LogP contribution is -2.25. The molecule has 1 amide bonds. The largest absolute Gasteiger partial charge is 0.461 e. The molecule has 2 aromatic rings. The molecule has 1 aromatic carbocycles. The Balaban J connectivity index is 1.79. The predicted octanol–water partition coefficient (Wildman–Crippen LogP) is 3.63. The molecule has 0 unspecified atom stereocenters. The van der Waals surface area contributed by atoms with Gasteiger partial charge in [0.05, 0.1) is 16.9 Å². The summed E-state index contributed by atoms with van der Waals surface area (Å²) in [5.74, 6) is -0.987. The van der Waals surface area contributed by atoms with Crippen molar-refractivity contribution in [2.24, 2.45) is 0 Å². The van der Waals surface area contributed by atoms with Crippen LogP contribution in [0, 0.1) is 0 Å². The molecule has 0 fully saturated rings. The first-order valence-electron chi connectivity index (χ1n) is 7.00. The summed E-state index contributed by atoms with van der Waals surface area (Å²) < 4.78 is 43.3. The molecule has 0 atom stereocenters. The van der Waals surface area contributed by atoms with Gasteiger partial charge in [0.1, 0.15) is 6.61 Å². The van der Waals surface area contributed by atoms with Gasteiger partial charge in [-0.05, 0) is 17.5 Å². The van der Waals surface area contributed by atoms with Gasteiger partial charge in [-0.1, -0.05) is 24.3 Å². The number of benzene rings is 1. The van der Waals surface area contributed by atoms with E-state index in [9.17, 15) is 22.8 Å². The predicted molar refractivity (Wildman–Crippen MR) is 82.5 cm³/mol. The molecule has 0 saturated carbocycles. The maximum atomic E-state index is 12.8. The second-order valence-corrected chi connectivity index (χ2v) is 5.75. The number of carbonyl (C=O) groups excluding carboxylic acids is 2. The summed E-state index contributed by atoms with van der Waals surface area (Å²) in [5.41, 5.74) is -0.940. The van der Waals surface area contributed by atoms with Gasteiger partial charge in [-0.3, -0.25) is 9.59 Å². The van der Waals surface area contributed by atoms with Crippen molar-refractivity contribution in [3.05, 3.63) is 57.8 Å². The number of alkyl halides is 3. The van der Waals surface area contributed by atoms with Gasteiger partial charge in [0.25, 0.3) is 5.91 Å². The maximum Gasteiger partial charge on any atom is 0.416 e. The average Bonchev–Trinajstić information content (AvgIpc) is 3.07. The molecule has 128 valence electrons. The van der Waals surface area contributed by atoms with Crippen molar-refractivity contribution < 1.29 is 27.5 Å². The van der Waals surface area contributed by atoms with E-state index in [2.05, 4.69) is 5.32 Å². The Labute approximate surface area is 140 Å². The monoisotopic (exact) mass is 357 g/mol. The number of nitrogens with one attached hydrogen (secondary N) is 1. The highest BCUT2D eigenvalue weighted by Crippen LogP contribution is 2.32. The van der Waals surface area contributed by atoms with Gasteiger partial charge < -0.3 is 10.1 Å². The molecule has 0 saturated heterocycles. The number of esters is 1. The van der Waals surface area contributed by atoms with E-state index in [4.69, 9.17) is 4.74 Å². The van der Waals surface area contributed by atoms with E-state index < -0.39 is 24.3 Å². The Kier molecular flexibility index (Phi) is 5.97. The van der Waals surface area contributed by atoms with Crippen molar-refractivity contribution in [3.63, 3.8) is 0 Å². The Morgan fingerprint density at radius 2 is 1.88 bits per heavy atom. The summed E-state index contributed by atoms with van der Waals surface area (Å²) in [6.07, 6.45) is -4.62. The van der Waals surface area contributed by atoms with Crippen molar-refractivity contribution in [1.82, 2.24) is 5.32 Å². The Morgan fingerprint density at radius 3 is 2.54 bits per heavy atom. The zero-order chi connectivity index (χ0) is 17.6. The van der Waals surface area contributed by atoms with Crippen LogP contribution in [0.3, 0.4) is 0 Å². The molecule has 0 bridgehead atoms. The third-order valence-corrected chi connectivity index (χ3v) is 3.94. The molecule has 1 heterocycles. The molecule has 4 nitrogen and oxygen atoms in total. The number of ether oxygens (including phenoxy) is 1. The molecule has 0 radical (unpaired) electrons. The first kappa shape index (κ1) is 18.0. The van der Waals surface area contributed by atoms with Crippen LogP contribution in [0.4, 0.5) is 13.2 Å². The summed E-state index contributed by atoms with van der Waals surface area (Å²) in [6.45, 7) is -0.413. The minimum Gasteiger partial charge on any atom is -0.461 e. The lowest BCUT2D eigenvalue weighted by molar-refractivity contribution is -0.147. The third kappa shape index (κ3) is 5.09. The summed E-state index contributed by atoms with van der Waals surface area (Å²) in [5, 5.41) is 4.29. The van der Waals surface area contributed by atoms with Crippen molar-refractivity contribution in [2.45, 2.75) is 19.2 Å². The zero-order valence-corrected chi connectivity index (χ0v) is 13.2. The number of halogens is 3. The van der Waals surface area contributed by atoms with E-state index in [0.717, 1.165) is 6.07 Å². The SMILES string of the molecule is O=C(CCNC(=O)c1cccs1)OCc1ccccc1C(F)(F)F. The number of hydrogen-bond acceptors (Lipinski definition) is 4. The van der Waals surface area contributed by atoms with Crippen molar-refractivity contribution in [2.75, 3.05) is 6.54 Å². The van der Waals surface area contributed by atoms with Gasteiger partial charge in [0.2, 0.25) is 0 Å². The molecule has 1 N–H and O–H groups in total. The molecule has 1 aromatic heterocycles. The second-order valence-electron chi connectivity index (χ2n) is 4.80. The number of hydrogen-bond donors (Lipinski definition) is 1. The zero-order valence-electron chi connectivity index (χ0n) is 12.4. The molecule has 0 aliphatic carbocycles. The van der Waals surface area contributed by atoms with E-state index in [1.54, 1.807) is 17.5 Å². The highest BCUT2D eigenvalue weighted by molar-refractivity contribution is 7.12. The molecule has 2 rings (SSSR count). The van der Waals surface area contributed by atoms with Crippen LogP contribution in [0.1, 0.15) is 27.2 Å². The number of rotatable bonds is 6. The van der Waals surface area contributed by atoms with Gasteiger partial charge in [-0.15, -0.1) is 11.3 Å². The Hall–Kier alpha value is -2.35. The molecule has 0 spiro atoms. The van der Waals surface area contributed by atoms with E-state index in [-0.39, 0.29) is 24.4 Å². The van der Waals surface area contributed by atoms with Gasteiger partial charge in [-0.2, -0.15) is 13.2 Å². The third-order valence-electron chi connectivity index (χ3n) is 3.07. The normalized spacial score (nSPS) is 11.1. The number of amides is 1. The molecular weight excluding hydrogens is 343 g/mol. The number of thiophene rings is 1. The first-order chi connectivity index (χ1) is 11.4. The van der Waals surface area contributed by atoms with Crippen LogP contribution in [-0.4, -0.2) is 18.4 Å². The highest BCUT2D eigenvalue weighted by atomic mass is 32.1. The van der Waals surface area contributed by atoms with Crippen LogP contribution in [0.25, 0.3) is 0 Å². The van der Waals surface area contributed by atoms with Gasteiger partial charge in [-0.25, -0.2) is 0 Å². The second kappa shape index (κ2) is 7.96. The first-order valence-corrected chi connectivity index (χ1v) is 7.88. The van der Waals surface area contributed by atoms with Crippen LogP contribution in [0.15, 0.2) is 41.8 Å². The maximum absolute atomic E-state index is 12.8. The molecule has 0 aliphatic rings. The fraction of sp³-hybridized carbons (Fsp3) is 0.250. The lowest BCUT2D eigenvalue weighted by atomic mass is 10.1. The van der Waals surface area contributed by atoms with Gasteiger partial charge in [0.15, 0.2) is 0 Å². The fourth-order valence-electron chi connectivity index (χ4n) is 1.93. The van der Waals surface area contributed by atoms with Crippen molar-refractivity contribution >= 4 is 23.2 Å². The van der Waals surface area contributed by atoms with E-state index in [0.29, 0.717) is 4.88 Å². The van der Waals surface area contributed by atoms with Crippen molar-refractivity contribution in [3.8, 4) is 0 Å². The van der Waals surface area contributed by atoms with Crippen LogP contribution >= 0.6 is 11.3 Å². The van der Waals surface area contributed by atoms with Crippen LogP contribution in [0.2, 0.25) is 0 Å². The van der Waals surface area contributed by atoms with E-state index in [1.807, 2.05) is 0 Å². The summed E-state index contributed by atoms with van der Waals surface area (Å²) in [4.78, 5) is 23.8. The van der Waals surface area contributed by atoms with Gasteiger partial charge >= 0.3 is 12.1 Å². The van der Waals surface area contributed by atoms with Crippen LogP contribution in [0.5, 0.6) is 0 Å². The quantitative estimate of drug-likeness (QED) is 0.803. The molecule has 24 heavy (non-hydrogen) atoms. The van der Waals surface area contributed by atoms with E-state index in [1.165, 1.54) is 29.5 Å². The fourth-order valence-corrected chi connectivity index (χ4v) is 2.57. The van der Waals surface area contributed by atoms with Gasteiger partial charge in [0, 0.05) is 12.1 Å². The Morgan fingerprint density at radius 1 is 1.12 bits per heavy atom. The molecule has 8 heteroatoms. The number of carbonyl (C=O) groups is 2. The molecule has 0 aliphatic heterocycles.